The van der Waals surface area contributed by atoms with E-state index in [2.05, 4.69) is 10.3 Å². The molecule has 3 aromatic rings. The second-order valence-corrected chi connectivity index (χ2v) is 7.72. The molecule has 7 nitrogen and oxygen atoms in total. The number of furan rings is 1. The molecule has 4 rings (SSSR count). The Balaban J connectivity index is 1.54. The van der Waals surface area contributed by atoms with Gasteiger partial charge in [-0.3, -0.25) is 4.79 Å². The highest BCUT2D eigenvalue weighted by atomic mass is 32.1. The molecular weight excluding hydrogens is 402 g/mol. The SMILES string of the molecule is COc1ccc2cc(CN(Cc3ccco3)C(=S)NC[C@@H]3CCCO3)c(=O)[nH]c2c1. The van der Waals surface area contributed by atoms with Crippen molar-refractivity contribution in [2.45, 2.75) is 32.0 Å². The Hall–Kier alpha value is -2.84. The first-order valence-electron chi connectivity index (χ1n) is 9.99. The highest BCUT2D eigenvalue weighted by molar-refractivity contribution is 7.80. The fourth-order valence-corrected chi connectivity index (χ4v) is 3.80. The number of thiocarbonyl (C=S) groups is 1. The third-order valence-corrected chi connectivity index (χ3v) is 5.61. The normalized spacial score (nSPS) is 16.0. The second-order valence-electron chi connectivity index (χ2n) is 7.33. The van der Waals surface area contributed by atoms with Crippen molar-refractivity contribution >= 4 is 28.2 Å². The van der Waals surface area contributed by atoms with Crippen LogP contribution in [0.15, 0.2) is 51.9 Å². The van der Waals surface area contributed by atoms with Gasteiger partial charge in [-0.2, -0.15) is 0 Å². The molecule has 1 aliphatic rings. The highest BCUT2D eigenvalue weighted by Crippen LogP contribution is 2.19. The molecule has 8 heteroatoms. The summed E-state index contributed by atoms with van der Waals surface area (Å²) in [4.78, 5) is 17.6. The van der Waals surface area contributed by atoms with Gasteiger partial charge in [0.25, 0.3) is 5.56 Å². The van der Waals surface area contributed by atoms with Gasteiger partial charge in [0, 0.05) is 24.8 Å². The zero-order valence-electron chi connectivity index (χ0n) is 16.8. The number of H-pyrrole nitrogens is 1. The van der Waals surface area contributed by atoms with E-state index < -0.39 is 0 Å². The monoisotopic (exact) mass is 427 g/mol. The third-order valence-electron chi connectivity index (χ3n) is 5.21. The van der Waals surface area contributed by atoms with Gasteiger partial charge in [-0.1, -0.05) is 0 Å². The molecule has 30 heavy (non-hydrogen) atoms. The van der Waals surface area contributed by atoms with E-state index in [-0.39, 0.29) is 11.7 Å². The van der Waals surface area contributed by atoms with Crippen LogP contribution in [-0.2, 0) is 17.8 Å². The fraction of sp³-hybridized carbons (Fsp3) is 0.364. The number of hydrogen-bond acceptors (Lipinski definition) is 5. The molecule has 0 spiro atoms. The van der Waals surface area contributed by atoms with E-state index in [0.717, 1.165) is 36.1 Å². The standard InChI is InChI=1S/C22H25N3O4S/c1-27-17-7-6-15-10-16(21(26)24-20(15)11-17)13-25(14-19-5-3-9-29-19)22(30)23-12-18-4-2-8-28-18/h3,5-7,9-11,18H,2,4,8,12-14H2,1H3,(H,23,30)(H,24,26)/t18-/m0/s1. The Morgan fingerprint density at radius 3 is 2.97 bits per heavy atom. The second kappa shape index (κ2) is 9.32. The molecule has 1 aromatic carbocycles. The number of benzene rings is 1. The van der Waals surface area contributed by atoms with Crippen molar-refractivity contribution in [1.82, 2.24) is 15.2 Å². The van der Waals surface area contributed by atoms with Crippen LogP contribution in [0, 0.1) is 0 Å². The fourth-order valence-electron chi connectivity index (χ4n) is 3.58. The van der Waals surface area contributed by atoms with E-state index in [4.69, 9.17) is 26.1 Å². The van der Waals surface area contributed by atoms with Crippen LogP contribution in [0.2, 0.25) is 0 Å². The lowest BCUT2D eigenvalue weighted by atomic mass is 10.1. The lowest BCUT2D eigenvalue weighted by Gasteiger charge is -2.26. The van der Waals surface area contributed by atoms with Crippen LogP contribution >= 0.6 is 12.2 Å². The number of nitrogens with zero attached hydrogens (tertiary/aromatic N) is 1. The summed E-state index contributed by atoms with van der Waals surface area (Å²) in [6, 6.07) is 11.2. The molecule has 0 saturated carbocycles. The number of aromatic nitrogens is 1. The Morgan fingerprint density at radius 2 is 2.23 bits per heavy atom. The van der Waals surface area contributed by atoms with E-state index in [1.54, 1.807) is 13.4 Å². The molecule has 0 bridgehead atoms. The smallest absolute Gasteiger partial charge is 0.253 e. The van der Waals surface area contributed by atoms with Crippen molar-refractivity contribution in [3.63, 3.8) is 0 Å². The number of pyridine rings is 1. The molecule has 1 saturated heterocycles. The topological polar surface area (TPSA) is 79.7 Å². The van der Waals surface area contributed by atoms with Crippen LogP contribution in [0.3, 0.4) is 0 Å². The quantitative estimate of drug-likeness (QED) is 0.561. The van der Waals surface area contributed by atoms with Crippen molar-refractivity contribution in [1.29, 1.82) is 0 Å². The van der Waals surface area contributed by atoms with Crippen LogP contribution < -0.4 is 15.6 Å². The summed E-state index contributed by atoms with van der Waals surface area (Å²) in [5, 5.41) is 4.79. The van der Waals surface area contributed by atoms with E-state index in [9.17, 15) is 4.79 Å². The maximum absolute atomic E-state index is 12.7. The summed E-state index contributed by atoms with van der Waals surface area (Å²) < 4.78 is 16.4. The van der Waals surface area contributed by atoms with Crippen molar-refractivity contribution in [2.75, 3.05) is 20.3 Å². The van der Waals surface area contributed by atoms with Gasteiger partial charge in [-0.15, -0.1) is 0 Å². The van der Waals surface area contributed by atoms with Crippen molar-refractivity contribution in [3.8, 4) is 5.75 Å². The lowest BCUT2D eigenvalue weighted by Crippen LogP contribution is -2.42. The van der Waals surface area contributed by atoms with Crippen molar-refractivity contribution < 1.29 is 13.9 Å². The van der Waals surface area contributed by atoms with Crippen molar-refractivity contribution in [3.05, 3.63) is 64.3 Å². The number of methoxy groups -OCH3 is 1. The molecule has 0 radical (unpaired) electrons. The van der Waals surface area contributed by atoms with Crippen LogP contribution in [-0.4, -0.2) is 41.4 Å². The molecule has 0 aliphatic carbocycles. The maximum atomic E-state index is 12.7. The van der Waals surface area contributed by atoms with Gasteiger partial charge in [-0.05, 0) is 60.8 Å². The molecule has 0 unspecified atom stereocenters. The highest BCUT2D eigenvalue weighted by Gasteiger charge is 2.19. The largest absolute Gasteiger partial charge is 0.497 e. The number of aromatic amines is 1. The average Bonchev–Trinajstić information content (AvgIpc) is 3.45. The minimum Gasteiger partial charge on any atom is -0.497 e. The Labute approximate surface area is 180 Å². The van der Waals surface area contributed by atoms with Gasteiger partial charge in [-0.25, -0.2) is 0 Å². The van der Waals surface area contributed by atoms with Crippen LogP contribution in [0.5, 0.6) is 5.75 Å². The van der Waals surface area contributed by atoms with E-state index >= 15 is 0 Å². The van der Waals surface area contributed by atoms with Gasteiger partial charge in [0.2, 0.25) is 0 Å². The first kappa shape index (κ1) is 20.4. The summed E-state index contributed by atoms with van der Waals surface area (Å²) in [6.07, 6.45) is 3.91. The summed E-state index contributed by atoms with van der Waals surface area (Å²) >= 11 is 5.64. The zero-order valence-corrected chi connectivity index (χ0v) is 17.7. The number of hydrogen-bond donors (Lipinski definition) is 2. The van der Waals surface area contributed by atoms with Crippen LogP contribution in [0.1, 0.15) is 24.2 Å². The number of fused-ring (bicyclic) bond motifs is 1. The molecular formula is C22H25N3O4S. The van der Waals surface area contributed by atoms with Gasteiger partial charge >= 0.3 is 0 Å². The molecule has 158 valence electrons. The van der Waals surface area contributed by atoms with Gasteiger partial charge in [0.1, 0.15) is 11.5 Å². The zero-order chi connectivity index (χ0) is 20.9. The Bertz CT molecular complexity index is 1060. The minimum absolute atomic E-state index is 0.151. The average molecular weight is 428 g/mol. The Morgan fingerprint density at radius 1 is 1.33 bits per heavy atom. The molecule has 1 aliphatic heterocycles. The van der Waals surface area contributed by atoms with Crippen molar-refractivity contribution in [2.24, 2.45) is 0 Å². The molecule has 1 fully saturated rings. The molecule has 2 aromatic heterocycles. The van der Waals surface area contributed by atoms with Crippen LogP contribution in [0.25, 0.3) is 10.9 Å². The minimum atomic E-state index is -0.151. The van der Waals surface area contributed by atoms with Crippen LogP contribution in [0.4, 0.5) is 0 Å². The predicted octanol–water partition coefficient (Wildman–Crippen LogP) is 3.19. The first-order chi connectivity index (χ1) is 14.6. The number of ether oxygens (including phenoxy) is 2. The third kappa shape index (κ3) is 4.83. The number of rotatable bonds is 7. The van der Waals surface area contributed by atoms with Gasteiger partial charge < -0.3 is 29.1 Å². The molecule has 3 heterocycles. The summed E-state index contributed by atoms with van der Waals surface area (Å²) in [5.41, 5.74) is 1.21. The van der Waals surface area contributed by atoms with E-state index in [0.29, 0.717) is 36.1 Å². The summed E-state index contributed by atoms with van der Waals surface area (Å²) in [6.45, 7) is 2.27. The van der Waals surface area contributed by atoms with Gasteiger partial charge in [0.05, 0.1) is 38.1 Å². The summed E-state index contributed by atoms with van der Waals surface area (Å²) in [5.74, 6) is 1.48. The Kier molecular flexibility index (Phi) is 6.35. The lowest BCUT2D eigenvalue weighted by molar-refractivity contribution is 0.113. The maximum Gasteiger partial charge on any atom is 0.253 e. The molecule has 1 atom stereocenters. The van der Waals surface area contributed by atoms with E-state index in [1.807, 2.05) is 41.3 Å². The molecule has 2 N–H and O–H groups in total. The summed E-state index contributed by atoms with van der Waals surface area (Å²) in [7, 11) is 1.60. The van der Waals surface area contributed by atoms with E-state index in [1.165, 1.54) is 0 Å². The van der Waals surface area contributed by atoms with Gasteiger partial charge in [0.15, 0.2) is 5.11 Å². The molecule has 0 amide bonds. The first-order valence-corrected chi connectivity index (χ1v) is 10.4. The predicted molar refractivity (Wildman–Crippen MR) is 119 cm³/mol. The number of nitrogens with one attached hydrogen (secondary N) is 2.